The van der Waals surface area contributed by atoms with Crippen molar-refractivity contribution in [2.45, 2.75) is 24.7 Å². The number of aliphatic hydroxyl groups excluding tert-OH is 1. The van der Waals surface area contributed by atoms with E-state index < -0.39 is 26.5 Å². The number of aliphatic hydroxyl groups is 1. The van der Waals surface area contributed by atoms with E-state index in [4.69, 9.17) is 0 Å². The third kappa shape index (κ3) is 4.56. The van der Waals surface area contributed by atoms with Crippen LogP contribution in [0, 0.1) is 5.82 Å². The van der Waals surface area contributed by atoms with Crippen LogP contribution in [0.15, 0.2) is 24.3 Å². The van der Waals surface area contributed by atoms with Crippen molar-refractivity contribution in [3.8, 4) is 0 Å². The second kappa shape index (κ2) is 5.98. The van der Waals surface area contributed by atoms with Gasteiger partial charge in [-0.3, -0.25) is 0 Å². The van der Waals surface area contributed by atoms with Gasteiger partial charge < -0.3 is 10.4 Å². The number of nitrogens with one attached hydrogen (secondary N) is 1. The van der Waals surface area contributed by atoms with Crippen LogP contribution in [0.5, 0.6) is 0 Å². The molecule has 0 saturated carbocycles. The quantitative estimate of drug-likeness (QED) is 0.828. The molecule has 2 N–H and O–H groups in total. The largest absolute Gasteiger partial charge is 0.387 e. The minimum Gasteiger partial charge on any atom is -0.387 e. The molecule has 1 rings (SSSR count). The maximum absolute atomic E-state index is 13.0. The van der Waals surface area contributed by atoms with E-state index in [9.17, 15) is 17.9 Å². The molecule has 4 nitrogen and oxygen atoms in total. The van der Waals surface area contributed by atoms with E-state index in [1.807, 2.05) is 0 Å². The number of halogens is 1. The molecular weight excluding hydrogens is 269 g/mol. The van der Waals surface area contributed by atoms with E-state index in [0.29, 0.717) is 5.56 Å². The molecule has 0 heterocycles. The molecule has 0 bridgehead atoms. The van der Waals surface area contributed by atoms with Gasteiger partial charge in [-0.25, -0.2) is 12.8 Å². The first kappa shape index (κ1) is 16.1. The number of rotatable bonds is 6. The first-order chi connectivity index (χ1) is 8.63. The minimum atomic E-state index is -3.18. The van der Waals surface area contributed by atoms with Gasteiger partial charge in [0.15, 0.2) is 9.84 Å². The molecule has 0 aliphatic carbocycles. The summed E-state index contributed by atoms with van der Waals surface area (Å²) in [4.78, 5) is 0. The summed E-state index contributed by atoms with van der Waals surface area (Å²) in [7, 11) is -3.18. The molecule has 19 heavy (non-hydrogen) atoms. The molecule has 0 radical (unpaired) electrons. The molecular formula is C13H20FNO3S. The average molecular weight is 289 g/mol. The monoisotopic (exact) mass is 289 g/mol. The van der Waals surface area contributed by atoms with E-state index in [-0.39, 0.29) is 13.1 Å². The zero-order chi connectivity index (χ0) is 14.7. The van der Waals surface area contributed by atoms with Crippen LogP contribution in [0.25, 0.3) is 0 Å². The van der Waals surface area contributed by atoms with Crippen LogP contribution in [-0.2, 0) is 9.84 Å². The second-order valence-electron chi connectivity index (χ2n) is 5.23. The van der Waals surface area contributed by atoms with E-state index in [0.717, 1.165) is 0 Å². The van der Waals surface area contributed by atoms with Crippen LogP contribution in [0.2, 0.25) is 0 Å². The molecule has 0 saturated heterocycles. The molecule has 0 aliphatic rings. The van der Waals surface area contributed by atoms with Gasteiger partial charge in [-0.05, 0) is 31.5 Å². The summed E-state index contributed by atoms with van der Waals surface area (Å²) in [5, 5.41) is 12.8. The zero-order valence-corrected chi connectivity index (χ0v) is 12.2. The number of hydrogen-bond donors (Lipinski definition) is 2. The summed E-state index contributed by atoms with van der Waals surface area (Å²) in [6.45, 7) is 3.62. The van der Waals surface area contributed by atoms with Gasteiger partial charge in [0.05, 0.1) is 10.9 Å². The Bertz CT molecular complexity index is 528. The lowest BCUT2D eigenvalue weighted by Crippen LogP contribution is -2.42. The Balaban J connectivity index is 2.55. The lowest BCUT2D eigenvalue weighted by molar-refractivity contribution is 0.173. The SMILES string of the molecule is CC(C)(CNCC(O)c1cccc(F)c1)S(C)(=O)=O. The van der Waals surface area contributed by atoms with E-state index >= 15 is 0 Å². The van der Waals surface area contributed by atoms with Crippen molar-refractivity contribution in [3.63, 3.8) is 0 Å². The summed E-state index contributed by atoms with van der Waals surface area (Å²) >= 11 is 0. The molecule has 1 aromatic carbocycles. The molecule has 0 fully saturated rings. The molecule has 0 aliphatic heterocycles. The highest BCUT2D eigenvalue weighted by molar-refractivity contribution is 7.92. The van der Waals surface area contributed by atoms with Gasteiger partial charge in [0.2, 0.25) is 0 Å². The molecule has 0 amide bonds. The van der Waals surface area contributed by atoms with Gasteiger partial charge in [-0.15, -0.1) is 0 Å². The summed E-state index contributed by atoms with van der Waals surface area (Å²) in [6.07, 6.45) is 0.309. The lowest BCUT2D eigenvalue weighted by Gasteiger charge is -2.23. The molecule has 1 aromatic rings. The third-order valence-electron chi connectivity index (χ3n) is 3.13. The van der Waals surface area contributed by atoms with Gasteiger partial charge >= 0.3 is 0 Å². The molecule has 0 spiro atoms. The summed E-state index contributed by atoms with van der Waals surface area (Å²) in [6, 6.07) is 5.70. The second-order valence-corrected chi connectivity index (χ2v) is 7.88. The normalized spacial score (nSPS) is 14.4. The Hall–Kier alpha value is -0.980. The minimum absolute atomic E-state index is 0.169. The summed E-state index contributed by atoms with van der Waals surface area (Å²) in [5.41, 5.74) is 0.463. The predicted octanol–water partition coefficient (Wildman–Crippen LogP) is 1.27. The van der Waals surface area contributed by atoms with Crippen LogP contribution in [0.4, 0.5) is 4.39 Å². The van der Waals surface area contributed by atoms with Crippen molar-refractivity contribution in [2.24, 2.45) is 0 Å². The smallest absolute Gasteiger partial charge is 0.153 e. The van der Waals surface area contributed by atoms with E-state index in [2.05, 4.69) is 5.32 Å². The first-order valence-electron chi connectivity index (χ1n) is 5.97. The zero-order valence-electron chi connectivity index (χ0n) is 11.4. The van der Waals surface area contributed by atoms with Crippen LogP contribution in [-0.4, -0.2) is 37.6 Å². The number of sulfone groups is 1. The van der Waals surface area contributed by atoms with Gasteiger partial charge in [-0.1, -0.05) is 12.1 Å². The molecule has 1 atom stereocenters. The maximum atomic E-state index is 13.0. The summed E-state index contributed by atoms with van der Waals surface area (Å²) < 4.78 is 35.1. The van der Waals surface area contributed by atoms with Crippen molar-refractivity contribution >= 4 is 9.84 Å². The topological polar surface area (TPSA) is 66.4 Å². The van der Waals surface area contributed by atoms with Crippen LogP contribution in [0.3, 0.4) is 0 Å². The molecule has 1 unspecified atom stereocenters. The highest BCUT2D eigenvalue weighted by Crippen LogP contribution is 2.15. The Morgan fingerprint density at radius 3 is 2.58 bits per heavy atom. The van der Waals surface area contributed by atoms with Gasteiger partial charge in [0, 0.05) is 19.3 Å². The fourth-order valence-corrected chi connectivity index (χ4v) is 1.84. The Labute approximate surface area is 113 Å². The average Bonchev–Trinajstić information content (AvgIpc) is 2.27. The molecule has 108 valence electrons. The Morgan fingerprint density at radius 2 is 2.05 bits per heavy atom. The summed E-state index contributed by atoms with van der Waals surface area (Å²) in [5.74, 6) is -0.409. The molecule has 0 aromatic heterocycles. The van der Waals surface area contributed by atoms with Gasteiger partial charge in [-0.2, -0.15) is 0 Å². The fraction of sp³-hybridized carbons (Fsp3) is 0.538. The highest BCUT2D eigenvalue weighted by Gasteiger charge is 2.29. The lowest BCUT2D eigenvalue weighted by atomic mass is 10.1. The van der Waals surface area contributed by atoms with Gasteiger partial charge in [0.25, 0.3) is 0 Å². The predicted molar refractivity (Wildman–Crippen MR) is 73.2 cm³/mol. The first-order valence-corrected chi connectivity index (χ1v) is 7.86. The van der Waals surface area contributed by atoms with Crippen molar-refractivity contribution in [2.75, 3.05) is 19.3 Å². The van der Waals surface area contributed by atoms with Crippen molar-refractivity contribution in [3.05, 3.63) is 35.6 Å². The Morgan fingerprint density at radius 1 is 1.42 bits per heavy atom. The highest BCUT2D eigenvalue weighted by atomic mass is 32.2. The number of hydrogen-bond acceptors (Lipinski definition) is 4. The standard InChI is InChI=1S/C13H20FNO3S/c1-13(2,19(3,17)18)9-15-8-12(16)10-5-4-6-11(14)7-10/h4-7,12,15-16H,8-9H2,1-3H3. The van der Waals surface area contributed by atoms with Gasteiger partial charge in [0.1, 0.15) is 5.82 Å². The van der Waals surface area contributed by atoms with E-state index in [1.54, 1.807) is 19.9 Å². The van der Waals surface area contributed by atoms with Crippen molar-refractivity contribution < 1.29 is 17.9 Å². The van der Waals surface area contributed by atoms with Crippen LogP contribution >= 0.6 is 0 Å². The van der Waals surface area contributed by atoms with Crippen molar-refractivity contribution in [1.82, 2.24) is 5.32 Å². The van der Waals surface area contributed by atoms with Crippen molar-refractivity contribution in [1.29, 1.82) is 0 Å². The van der Waals surface area contributed by atoms with Crippen LogP contribution in [0.1, 0.15) is 25.5 Å². The maximum Gasteiger partial charge on any atom is 0.153 e. The fourth-order valence-electron chi connectivity index (χ4n) is 1.47. The number of benzene rings is 1. The van der Waals surface area contributed by atoms with E-state index in [1.165, 1.54) is 24.5 Å². The third-order valence-corrected chi connectivity index (χ3v) is 5.28. The van der Waals surface area contributed by atoms with Crippen LogP contribution < -0.4 is 5.32 Å². The Kier molecular flexibility index (Phi) is 5.06. The molecule has 6 heteroatoms.